The van der Waals surface area contributed by atoms with E-state index in [9.17, 15) is 9.59 Å². The van der Waals surface area contributed by atoms with Crippen LogP contribution < -0.4 is 10.1 Å². The van der Waals surface area contributed by atoms with E-state index in [2.05, 4.69) is 15.3 Å². The van der Waals surface area contributed by atoms with Crippen molar-refractivity contribution in [3.63, 3.8) is 0 Å². The molecule has 0 saturated carbocycles. The third kappa shape index (κ3) is 4.10. The van der Waals surface area contributed by atoms with Gasteiger partial charge in [0, 0.05) is 53.1 Å². The molecule has 3 heterocycles. The van der Waals surface area contributed by atoms with Crippen LogP contribution in [-0.4, -0.2) is 64.2 Å². The maximum Gasteiger partial charge on any atom is 0.254 e. The van der Waals surface area contributed by atoms with E-state index in [1.807, 2.05) is 59.5 Å². The third-order valence-corrected chi connectivity index (χ3v) is 6.58. The molecule has 0 spiro atoms. The molecule has 1 N–H and O–H groups in total. The number of carbonyl (C=O) groups is 2. The molecule has 0 unspecified atom stereocenters. The van der Waals surface area contributed by atoms with Gasteiger partial charge in [-0.05, 0) is 36.1 Å². The van der Waals surface area contributed by atoms with Crippen LogP contribution in [0.15, 0.2) is 66.0 Å². The Bertz CT molecular complexity index is 1380. The molecule has 0 aliphatic carbocycles. The zero-order chi connectivity index (χ0) is 23.7. The summed E-state index contributed by atoms with van der Waals surface area (Å²) in [6.07, 6.45) is 7.56. The number of amides is 2. The molecule has 2 amide bonds. The van der Waals surface area contributed by atoms with Crippen molar-refractivity contribution in [3.8, 4) is 22.8 Å². The number of carbonyl (C=O) groups excluding carboxylic acids is 2. The highest BCUT2D eigenvalue weighted by Gasteiger charge is 2.23. The number of methoxy groups -OCH3 is 1. The van der Waals surface area contributed by atoms with Gasteiger partial charge in [-0.3, -0.25) is 14.2 Å². The Hall–Kier alpha value is -3.85. The molecule has 1 aliphatic heterocycles. The number of hydrogen-bond donors (Lipinski definition) is 1. The fraction of sp³-hybridized carbons (Fsp3) is 0.200. The highest BCUT2D eigenvalue weighted by Crippen LogP contribution is 2.31. The first kappa shape index (κ1) is 22.0. The van der Waals surface area contributed by atoms with E-state index in [1.165, 1.54) is 0 Å². The standard InChI is InChI=1S/C25H23N5O3S/c1-33-19-5-3-4-16(10-19)18-12-27-25(28-13-18)30-14-22(34-2)20-7-6-17(11-21(20)30)24(32)29-9-8-26-23(31)15-29/h3-7,10-14H,8-9,15H2,1-2H3,(H,26,31). The molecule has 2 aromatic carbocycles. The first-order valence-electron chi connectivity index (χ1n) is 10.8. The lowest BCUT2D eigenvalue weighted by Crippen LogP contribution is -2.49. The molecule has 0 bridgehead atoms. The van der Waals surface area contributed by atoms with Crippen LogP contribution in [0.4, 0.5) is 0 Å². The van der Waals surface area contributed by atoms with Gasteiger partial charge in [-0.25, -0.2) is 9.97 Å². The monoisotopic (exact) mass is 473 g/mol. The summed E-state index contributed by atoms with van der Waals surface area (Å²) in [4.78, 5) is 36.6. The first-order valence-corrected chi connectivity index (χ1v) is 12.0. The van der Waals surface area contributed by atoms with E-state index < -0.39 is 0 Å². The van der Waals surface area contributed by atoms with Crippen molar-refractivity contribution in [2.75, 3.05) is 33.0 Å². The molecule has 4 aromatic rings. The van der Waals surface area contributed by atoms with Gasteiger partial charge in [0.1, 0.15) is 5.75 Å². The Morgan fingerprint density at radius 2 is 1.94 bits per heavy atom. The number of aromatic nitrogens is 3. The number of hydrogen-bond acceptors (Lipinski definition) is 6. The fourth-order valence-corrected chi connectivity index (χ4v) is 4.65. The molecule has 5 rings (SSSR count). The molecular weight excluding hydrogens is 450 g/mol. The van der Waals surface area contributed by atoms with E-state index in [1.54, 1.807) is 36.2 Å². The number of rotatable bonds is 5. The molecule has 34 heavy (non-hydrogen) atoms. The van der Waals surface area contributed by atoms with Crippen LogP contribution in [0.25, 0.3) is 28.0 Å². The minimum atomic E-state index is -0.163. The topological polar surface area (TPSA) is 89.4 Å². The molecular formula is C25H23N5O3S. The van der Waals surface area contributed by atoms with Crippen molar-refractivity contribution >= 4 is 34.5 Å². The van der Waals surface area contributed by atoms with Crippen LogP contribution >= 0.6 is 11.8 Å². The lowest BCUT2D eigenvalue weighted by molar-refractivity contribution is -0.123. The highest BCUT2D eigenvalue weighted by atomic mass is 32.2. The van der Waals surface area contributed by atoms with Crippen LogP contribution in [0.2, 0.25) is 0 Å². The van der Waals surface area contributed by atoms with Crippen molar-refractivity contribution in [2.24, 2.45) is 0 Å². The molecule has 172 valence electrons. The summed E-state index contributed by atoms with van der Waals surface area (Å²) in [5.41, 5.74) is 3.21. The van der Waals surface area contributed by atoms with Crippen LogP contribution in [-0.2, 0) is 4.79 Å². The van der Waals surface area contributed by atoms with Crippen molar-refractivity contribution in [2.45, 2.75) is 4.90 Å². The summed E-state index contributed by atoms with van der Waals surface area (Å²) >= 11 is 1.62. The van der Waals surface area contributed by atoms with Gasteiger partial charge in [0.15, 0.2) is 0 Å². The van der Waals surface area contributed by atoms with Gasteiger partial charge >= 0.3 is 0 Å². The van der Waals surface area contributed by atoms with Crippen molar-refractivity contribution in [1.29, 1.82) is 0 Å². The van der Waals surface area contributed by atoms with Crippen LogP contribution in [0, 0.1) is 0 Å². The molecule has 0 radical (unpaired) electrons. The molecule has 1 aliphatic rings. The van der Waals surface area contributed by atoms with Gasteiger partial charge < -0.3 is 15.0 Å². The largest absolute Gasteiger partial charge is 0.497 e. The van der Waals surface area contributed by atoms with Gasteiger partial charge in [-0.1, -0.05) is 18.2 Å². The number of piperazine rings is 1. The van der Waals surface area contributed by atoms with Crippen LogP contribution in [0.1, 0.15) is 10.4 Å². The quantitative estimate of drug-likeness (QED) is 0.447. The second kappa shape index (κ2) is 9.18. The minimum absolute atomic E-state index is 0.0722. The van der Waals surface area contributed by atoms with E-state index in [0.29, 0.717) is 24.6 Å². The Kier molecular flexibility index (Phi) is 5.93. The summed E-state index contributed by atoms with van der Waals surface area (Å²) in [7, 11) is 1.64. The molecule has 1 saturated heterocycles. The fourth-order valence-electron chi connectivity index (χ4n) is 4.05. The first-order chi connectivity index (χ1) is 16.6. The van der Waals surface area contributed by atoms with E-state index in [4.69, 9.17) is 4.74 Å². The van der Waals surface area contributed by atoms with Crippen LogP contribution in [0.3, 0.4) is 0 Å². The van der Waals surface area contributed by atoms with Gasteiger partial charge in [0.05, 0.1) is 19.2 Å². The summed E-state index contributed by atoms with van der Waals surface area (Å²) in [6, 6.07) is 13.3. The van der Waals surface area contributed by atoms with Crippen molar-refractivity contribution in [3.05, 3.63) is 66.6 Å². The lowest BCUT2D eigenvalue weighted by Gasteiger charge is -2.26. The Balaban J connectivity index is 1.51. The summed E-state index contributed by atoms with van der Waals surface area (Å²) in [6.45, 7) is 1.03. The number of ether oxygens (including phenoxy) is 1. The van der Waals surface area contributed by atoms with Crippen molar-refractivity contribution < 1.29 is 14.3 Å². The highest BCUT2D eigenvalue weighted by molar-refractivity contribution is 7.98. The van der Waals surface area contributed by atoms with Crippen LogP contribution in [0.5, 0.6) is 5.75 Å². The number of nitrogens with zero attached hydrogens (tertiary/aromatic N) is 4. The predicted molar refractivity (Wildman–Crippen MR) is 132 cm³/mol. The molecule has 2 aromatic heterocycles. The minimum Gasteiger partial charge on any atom is -0.497 e. The summed E-state index contributed by atoms with van der Waals surface area (Å²) in [5.74, 6) is 0.979. The van der Waals surface area contributed by atoms with E-state index in [0.717, 1.165) is 32.7 Å². The van der Waals surface area contributed by atoms with Crippen molar-refractivity contribution in [1.82, 2.24) is 24.8 Å². The zero-order valence-corrected chi connectivity index (χ0v) is 19.6. The molecule has 1 fully saturated rings. The van der Waals surface area contributed by atoms with Gasteiger partial charge in [0.25, 0.3) is 5.91 Å². The van der Waals surface area contributed by atoms with E-state index in [-0.39, 0.29) is 18.4 Å². The maximum absolute atomic E-state index is 13.1. The van der Waals surface area contributed by atoms with Gasteiger partial charge in [0.2, 0.25) is 11.9 Å². The second-order valence-corrected chi connectivity index (χ2v) is 8.73. The third-order valence-electron chi connectivity index (χ3n) is 5.82. The Morgan fingerprint density at radius 3 is 2.68 bits per heavy atom. The van der Waals surface area contributed by atoms with E-state index >= 15 is 0 Å². The lowest BCUT2D eigenvalue weighted by atomic mass is 10.1. The molecule has 0 atom stereocenters. The summed E-state index contributed by atoms with van der Waals surface area (Å²) < 4.78 is 7.21. The average Bonchev–Trinajstić information content (AvgIpc) is 3.26. The zero-order valence-electron chi connectivity index (χ0n) is 18.8. The number of benzene rings is 2. The summed E-state index contributed by atoms with van der Waals surface area (Å²) in [5, 5.41) is 3.76. The average molecular weight is 474 g/mol. The maximum atomic E-state index is 13.1. The van der Waals surface area contributed by atoms with Gasteiger partial charge in [-0.2, -0.15) is 0 Å². The second-order valence-electron chi connectivity index (χ2n) is 7.88. The smallest absolute Gasteiger partial charge is 0.254 e. The normalized spacial score (nSPS) is 13.7. The molecule has 9 heteroatoms. The Labute approximate surface area is 201 Å². The Morgan fingerprint density at radius 1 is 1.12 bits per heavy atom. The SMILES string of the molecule is COc1cccc(-c2cnc(-n3cc(SC)c4ccc(C(=O)N5CCNC(=O)C5)cc43)nc2)c1. The number of fused-ring (bicyclic) bond motifs is 1. The number of thioether (sulfide) groups is 1. The van der Waals surface area contributed by atoms with Gasteiger partial charge in [-0.15, -0.1) is 11.8 Å². The number of nitrogens with one attached hydrogen (secondary N) is 1. The molecule has 8 nitrogen and oxygen atoms in total. The predicted octanol–water partition coefficient (Wildman–Crippen LogP) is 3.39.